The van der Waals surface area contributed by atoms with Crippen LogP contribution in [-0.4, -0.2) is 23.0 Å². The van der Waals surface area contributed by atoms with Crippen LogP contribution in [0.3, 0.4) is 0 Å². The van der Waals surface area contributed by atoms with E-state index in [0.29, 0.717) is 6.42 Å². The Morgan fingerprint density at radius 3 is 2.44 bits per heavy atom. The summed E-state index contributed by atoms with van der Waals surface area (Å²) in [4.78, 5) is 22.0. The second kappa shape index (κ2) is 6.79. The van der Waals surface area contributed by atoms with E-state index in [1.165, 1.54) is 18.1 Å². The first-order valence-electron chi connectivity index (χ1n) is 6.07. The highest BCUT2D eigenvalue weighted by atomic mass is 16.4. The second-order valence-corrected chi connectivity index (χ2v) is 4.47. The Morgan fingerprint density at radius 1 is 1.28 bits per heavy atom. The van der Waals surface area contributed by atoms with Crippen LogP contribution in [0.2, 0.25) is 0 Å². The maximum atomic E-state index is 11.4. The molecule has 0 saturated carbocycles. The molecule has 1 rings (SSSR count). The zero-order valence-electron chi connectivity index (χ0n) is 10.8. The van der Waals surface area contributed by atoms with E-state index in [0.717, 1.165) is 12.8 Å². The highest BCUT2D eigenvalue weighted by Crippen LogP contribution is 2.07. The molecular weight excluding hydrogens is 230 g/mol. The number of nitrogens with one attached hydrogen (secondary N) is 1. The molecule has 98 valence electrons. The molecule has 18 heavy (non-hydrogen) atoms. The molecule has 0 heterocycles. The smallest absolute Gasteiger partial charge is 0.325 e. The number of hydrogen-bond donors (Lipinski definition) is 2. The molecule has 0 spiro atoms. The average molecular weight is 249 g/mol. The number of aliphatic carboxylic acids is 1. The summed E-state index contributed by atoms with van der Waals surface area (Å²) >= 11 is 0. The van der Waals surface area contributed by atoms with Gasteiger partial charge in [0.1, 0.15) is 6.04 Å². The van der Waals surface area contributed by atoms with Crippen LogP contribution < -0.4 is 5.32 Å². The van der Waals surface area contributed by atoms with Crippen LogP contribution in [0.1, 0.15) is 30.9 Å². The van der Waals surface area contributed by atoms with Crippen LogP contribution >= 0.6 is 0 Å². The van der Waals surface area contributed by atoms with Crippen molar-refractivity contribution in [1.29, 1.82) is 0 Å². The molecule has 0 bridgehead atoms. The standard InChI is InChI=1S/C14H19NO3/c1-10-6-8-12(9-7-10)4-3-5-13(16)15-11(2)14(17)18/h6-9,11H,3-5H2,1-2H3,(H,15,16)(H,17,18)/t11-/m1/s1. The SMILES string of the molecule is Cc1ccc(CCCC(=O)N[C@H](C)C(=O)O)cc1. The Balaban J connectivity index is 2.27. The minimum absolute atomic E-state index is 0.211. The molecule has 1 amide bonds. The molecule has 0 saturated heterocycles. The van der Waals surface area contributed by atoms with E-state index in [-0.39, 0.29) is 5.91 Å². The molecule has 1 aromatic rings. The van der Waals surface area contributed by atoms with Gasteiger partial charge >= 0.3 is 5.97 Å². The average Bonchev–Trinajstić information content (AvgIpc) is 2.31. The van der Waals surface area contributed by atoms with Gasteiger partial charge in [-0.05, 0) is 32.3 Å². The molecule has 0 aliphatic rings. The minimum atomic E-state index is -1.01. The number of amides is 1. The Bertz CT molecular complexity index is 412. The van der Waals surface area contributed by atoms with Gasteiger partial charge in [-0.2, -0.15) is 0 Å². The topological polar surface area (TPSA) is 66.4 Å². The number of aryl methyl sites for hydroxylation is 2. The van der Waals surface area contributed by atoms with Crippen LogP contribution in [0.4, 0.5) is 0 Å². The molecule has 0 unspecified atom stereocenters. The summed E-state index contributed by atoms with van der Waals surface area (Å²) in [5, 5.41) is 11.1. The first-order valence-corrected chi connectivity index (χ1v) is 6.07. The van der Waals surface area contributed by atoms with Crippen molar-refractivity contribution < 1.29 is 14.7 Å². The molecule has 0 aliphatic heterocycles. The van der Waals surface area contributed by atoms with Gasteiger partial charge < -0.3 is 10.4 Å². The summed E-state index contributed by atoms with van der Waals surface area (Å²) in [5.74, 6) is -1.22. The monoisotopic (exact) mass is 249 g/mol. The number of benzene rings is 1. The number of carbonyl (C=O) groups is 2. The Morgan fingerprint density at radius 2 is 1.89 bits per heavy atom. The van der Waals surface area contributed by atoms with Gasteiger partial charge in [-0.3, -0.25) is 9.59 Å². The third kappa shape index (κ3) is 4.99. The first kappa shape index (κ1) is 14.2. The van der Waals surface area contributed by atoms with Crippen LogP contribution in [0.5, 0.6) is 0 Å². The van der Waals surface area contributed by atoms with Crippen LogP contribution in [0.25, 0.3) is 0 Å². The van der Waals surface area contributed by atoms with Gasteiger partial charge in [0.15, 0.2) is 0 Å². The minimum Gasteiger partial charge on any atom is -0.480 e. The van der Waals surface area contributed by atoms with E-state index in [1.807, 2.05) is 31.2 Å². The third-order valence-electron chi connectivity index (χ3n) is 2.74. The van der Waals surface area contributed by atoms with Crippen molar-refractivity contribution in [3.05, 3.63) is 35.4 Å². The fraction of sp³-hybridized carbons (Fsp3) is 0.429. The number of carbonyl (C=O) groups excluding carboxylic acids is 1. The summed E-state index contributed by atoms with van der Waals surface area (Å²) in [6.07, 6.45) is 1.90. The number of hydrogen-bond acceptors (Lipinski definition) is 2. The van der Waals surface area contributed by atoms with Gasteiger partial charge in [0.25, 0.3) is 0 Å². The lowest BCUT2D eigenvalue weighted by Gasteiger charge is -2.09. The highest BCUT2D eigenvalue weighted by molar-refractivity contribution is 5.83. The van der Waals surface area contributed by atoms with Crippen LogP contribution in [0.15, 0.2) is 24.3 Å². The molecule has 0 fully saturated rings. The maximum Gasteiger partial charge on any atom is 0.325 e. The van der Waals surface area contributed by atoms with Gasteiger partial charge in [-0.15, -0.1) is 0 Å². The summed E-state index contributed by atoms with van der Waals surface area (Å²) in [6.45, 7) is 3.49. The Hall–Kier alpha value is -1.84. The zero-order valence-corrected chi connectivity index (χ0v) is 10.8. The zero-order chi connectivity index (χ0) is 13.5. The first-order chi connectivity index (χ1) is 8.49. The van der Waals surface area contributed by atoms with Crippen LogP contribution in [-0.2, 0) is 16.0 Å². The predicted octanol–water partition coefficient (Wildman–Crippen LogP) is 1.91. The summed E-state index contributed by atoms with van der Waals surface area (Å²) in [6, 6.07) is 7.36. The predicted molar refractivity (Wildman–Crippen MR) is 69.4 cm³/mol. The molecule has 4 nitrogen and oxygen atoms in total. The molecule has 0 aliphatic carbocycles. The molecule has 2 N–H and O–H groups in total. The van der Waals surface area contributed by atoms with Crippen molar-refractivity contribution in [1.82, 2.24) is 5.32 Å². The Labute approximate surface area is 107 Å². The molecular formula is C14H19NO3. The lowest BCUT2D eigenvalue weighted by molar-refractivity contribution is -0.141. The van der Waals surface area contributed by atoms with Crippen LogP contribution in [0, 0.1) is 6.92 Å². The number of carboxylic acid groups (broad SMARTS) is 1. The van der Waals surface area contributed by atoms with Gasteiger partial charge in [-0.25, -0.2) is 0 Å². The van der Waals surface area contributed by atoms with Crippen molar-refractivity contribution in [2.24, 2.45) is 0 Å². The highest BCUT2D eigenvalue weighted by Gasteiger charge is 2.13. The van der Waals surface area contributed by atoms with Gasteiger partial charge in [0.2, 0.25) is 5.91 Å². The van der Waals surface area contributed by atoms with Crippen molar-refractivity contribution in [3.8, 4) is 0 Å². The fourth-order valence-corrected chi connectivity index (χ4v) is 1.58. The van der Waals surface area contributed by atoms with Crippen molar-refractivity contribution in [3.63, 3.8) is 0 Å². The lowest BCUT2D eigenvalue weighted by Crippen LogP contribution is -2.38. The van der Waals surface area contributed by atoms with Gasteiger partial charge in [0.05, 0.1) is 0 Å². The van der Waals surface area contributed by atoms with E-state index in [9.17, 15) is 9.59 Å². The summed E-state index contributed by atoms with van der Waals surface area (Å²) in [7, 11) is 0. The van der Waals surface area contributed by atoms with Gasteiger partial charge in [-0.1, -0.05) is 29.8 Å². The fourth-order valence-electron chi connectivity index (χ4n) is 1.58. The van der Waals surface area contributed by atoms with Crippen molar-refractivity contribution >= 4 is 11.9 Å². The van der Waals surface area contributed by atoms with Crippen molar-refractivity contribution in [2.45, 2.75) is 39.2 Å². The van der Waals surface area contributed by atoms with Crippen molar-refractivity contribution in [2.75, 3.05) is 0 Å². The van der Waals surface area contributed by atoms with E-state index in [4.69, 9.17) is 5.11 Å². The molecule has 0 aromatic heterocycles. The third-order valence-corrected chi connectivity index (χ3v) is 2.74. The lowest BCUT2D eigenvalue weighted by atomic mass is 10.1. The molecule has 0 radical (unpaired) electrons. The second-order valence-electron chi connectivity index (χ2n) is 4.47. The quantitative estimate of drug-likeness (QED) is 0.809. The molecule has 1 aromatic carbocycles. The van der Waals surface area contributed by atoms with E-state index in [2.05, 4.69) is 5.32 Å². The Kier molecular flexibility index (Phi) is 5.36. The largest absolute Gasteiger partial charge is 0.480 e. The molecule has 4 heteroatoms. The number of rotatable bonds is 6. The normalized spacial score (nSPS) is 11.9. The molecule has 1 atom stereocenters. The summed E-state index contributed by atoms with van der Waals surface area (Å²) < 4.78 is 0. The van der Waals surface area contributed by atoms with Gasteiger partial charge in [0, 0.05) is 6.42 Å². The summed E-state index contributed by atoms with van der Waals surface area (Å²) in [5.41, 5.74) is 2.41. The van der Waals surface area contributed by atoms with E-state index in [1.54, 1.807) is 0 Å². The number of carboxylic acids is 1. The van der Waals surface area contributed by atoms with E-state index < -0.39 is 12.0 Å². The maximum absolute atomic E-state index is 11.4. The van der Waals surface area contributed by atoms with E-state index >= 15 is 0 Å².